The van der Waals surface area contributed by atoms with Crippen molar-refractivity contribution in [2.75, 3.05) is 13.1 Å². The van der Waals surface area contributed by atoms with Crippen LogP contribution < -0.4 is 10.6 Å². The minimum Gasteiger partial charge on any atom is -0.351 e. The molecule has 1 heterocycles. The molecule has 0 radical (unpaired) electrons. The number of rotatable bonds is 7. The van der Waals surface area contributed by atoms with E-state index < -0.39 is 0 Å². The summed E-state index contributed by atoms with van der Waals surface area (Å²) in [6.07, 6.45) is 4.20. The minimum absolute atomic E-state index is 0.261. The molecule has 0 bridgehead atoms. The van der Waals surface area contributed by atoms with E-state index in [1.165, 1.54) is 24.0 Å². The Kier molecular flexibility index (Phi) is 6.31. The van der Waals surface area contributed by atoms with E-state index >= 15 is 0 Å². The van der Waals surface area contributed by atoms with Crippen LogP contribution in [0.2, 0.25) is 0 Å². The second kappa shape index (κ2) is 8.70. The molecule has 0 unspecified atom stereocenters. The molecule has 118 valence electrons. The molecular formula is C16H16N4O2S. The normalized spacial score (nSPS) is 9.91. The molecule has 0 atom stereocenters. The summed E-state index contributed by atoms with van der Waals surface area (Å²) >= 11 is 1.37. The van der Waals surface area contributed by atoms with E-state index in [0.717, 1.165) is 4.90 Å². The Hall–Kier alpha value is -2.67. The highest BCUT2D eigenvalue weighted by atomic mass is 32.2. The molecule has 0 saturated carbocycles. The van der Waals surface area contributed by atoms with Crippen molar-refractivity contribution in [3.8, 4) is 0 Å². The Morgan fingerprint density at radius 2 is 1.78 bits per heavy atom. The van der Waals surface area contributed by atoms with Crippen molar-refractivity contribution in [3.05, 3.63) is 61.1 Å². The van der Waals surface area contributed by atoms with Gasteiger partial charge in [-0.3, -0.25) is 9.59 Å². The van der Waals surface area contributed by atoms with Crippen molar-refractivity contribution in [2.45, 2.75) is 9.92 Å². The molecule has 2 amide bonds. The summed E-state index contributed by atoms with van der Waals surface area (Å²) in [5.41, 5.74) is 0.261. The Labute approximate surface area is 138 Å². The Balaban J connectivity index is 1.97. The van der Waals surface area contributed by atoms with Gasteiger partial charge in [0.05, 0.1) is 0 Å². The van der Waals surface area contributed by atoms with Crippen molar-refractivity contribution in [1.82, 2.24) is 20.6 Å². The molecular weight excluding hydrogens is 312 g/mol. The summed E-state index contributed by atoms with van der Waals surface area (Å²) in [6, 6.07) is 9.63. The van der Waals surface area contributed by atoms with Gasteiger partial charge in [0.1, 0.15) is 5.03 Å². The highest BCUT2D eigenvalue weighted by Crippen LogP contribution is 2.27. The average Bonchev–Trinajstić information content (AvgIpc) is 2.59. The molecule has 0 aliphatic carbocycles. The monoisotopic (exact) mass is 328 g/mol. The van der Waals surface area contributed by atoms with Crippen LogP contribution in [0.3, 0.4) is 0 Å². The zero-order valence-electron chi connectivity index (χ0n) is 12.4. The van der Waals surface area contributed by atoms with Crippen LogP contribution in [0.15, 0.2) is 65.3 Å². The van der Waals surface area contributed by atoms with Gasteiger partial charge in [-0.1, -0.05) is 36.5 Å². The number of benzene rings is 1. The van der Waals surface area contributed by atoms with Gasteiger partial charge in [0.2, 0.25) is 5.91 Å². The van der Waals surface area contributed by atoms with Crippen LogP contribution in [-0.2, 0) is 4.79 Å². The van der Waals surface area contributed by atoms with E-state index in [1.807, 2.05) is 30.3 Å². The quantitative estimate of drug-likeness (QED) is 0.596. The van der Waals surface area contributed by atoms with Crippen LogP contribution >= 0.6 is 11.8 Å². The number of hydrogen-bond donors (Lipinski definition) is 2. The number of nitrogens with zero attached hydrogens (tertiary/aromatic N) is 2. The summed E-state index contributed by atoms with van der Waals surface area (Å²) in [6.45, 7) is 3.97. The fraction of sp³-hybridized carbons (Fsp3) is 0.125. The fourth-order valence-corrected chi connectivity index (χ4v) is 2.55. The van der Waals surface area contributed by atoms with Crippen LogP contribution in [0.5, 0.6) is 0 Å². The minimum atomic E-state index is -0.329. The van der Waals surface area contributed by atoms with Crippen LogP contribution in [0.25, 0.3) is 0 Å². The molecule has 2 N–H and O–H groups in total. The van der Waals surface area contributed by atoms with Gasteiger partial charge < -0.3 is 10.6 Å². The summed E-state index contributed by atoms with van der Waals surface area (Å²) in [7, 11) is 0. The highest BCUT2D eigenvalue weighted by molar-refractivity contribution is 7.99. The third-order valence-corrected chi connectivity index (χ3v) is 3.73. The summed E-state index contributed by atoms with van der Waals surface area (Å²) in [5, 5.41) is 5.82. The summed E-state index contributed by atoms with van der Waals surface area (Å²) in [4.78, 5) is 32.5. The van der Waals surface area contributed by atoms with Crippen LogP contribution in [0.4, 0.5) is 0 Å². The molecule has 0 aliphatic rings. The van der Waals surface area contributed by atoms with Gasteiger partial charge in [-0.15, -0.1) is 0 Å². The molecule has 0 aliphatic heterocycles. The molecule has 7 heteroatoms. The molecule has 2 rings (SSSR count). The number of hydrogen-bond acceptors (Lipinski definition) is 5. The van der Waals surface area contributed by atoms with Gasteiger partial charge in [-0.05, 0) is 18.2 Å². The molecule has 0 fully saturated rings. The van der Waals surface area contributed by atoms with E-state index in [-0.39, 0.29) is 17.5 Å². The van der Waals surface area contributed by atoms with E-state index in [2.05, 4.69) is 27.2 Å². The zero-order valence-corrected chi connectivity index (χ0v) is 13.2. The number of aromatic nitrogens is 2. The first-order valence-corrected chi connectivity index (χ1v) is 7.74. The summed E-state index contributed by atoms with van der Waals surface area (Å²) < 4.78 is 0. The number of carbonyl (C=O) groups is 2. The number of carbonyl (C=O) groups excluding carboxylic acids is 2. The average molecular weight is 328 g/mol. The van der Waals surface area contributed by atoms with Gasteiger partial charge in [-0.2, -0.15) is 0 Å². The van der Waals surface area contributed by atoms with Crippen LogP contribution in [0.1, 0.15) is 10.5 Å². The Morgan fingerprint density at radius 3 is 2.52 bits per heavy atom. The van der Waals surface area contributed by atoms with Crippen molar-refractivity contribution in [2.24, 2.45) is 0 Å². The van der Waals surface area contributed by atoms with Gasteiger partial charge >= 0.3 is 0 Å². The Morgan fingerprint density at radius 1 is 1.09 bits per heavy atom. The molecule has 1 aromatic carbocycles. The van der Waals surface area contributed by atoms with Gasteiger partial charge in [-0.25, -0.2) is 9.97 Å². The smallest absolute Gasteiger partial charge is 0.272 e. The third-order valence-electron chi connectivity index (χ3n) is 2.73. The first-order chi connectivity index (χ1) is 11.2. The maximum absolute atomic E-state index is 12.2. The van der Waals surface area contributed by atoms with Crippen molar-refractivity contribution in [1.29, 1.82) is 0 Å². The maximum Gasteiger partial charge on any atom is 0.272 e. The summed E-state index contributed by atoms with van der Waals surface area (Å²) in [5.74, 6) is -0.608. The van der Waals surface area contributed by atoms with Crippen molar-refractivity contribution < 1.29 is 9.59 Å². The molecule has 23 heavy (non-hydrogen) atoms. The fourth-order valence-electron chi connectivity index (χ4n) is 1.67. The largest absolute Gasteiger partial charge is 0.351 e. The van der Waals surface area contributed by atoms with Crippen molar-refractivity contribution >= 4 is 23.6 Å². The van der Waals surface area contributed by atoms with E-state index in [0.29, 0.717) is 18.1 Å². The third kappa shape index (κ3) is 5.23. The number of amides is 2. The van der Waals surface area contributed by atoms with Crippen LogP contribution in [-0.4, -0.2) is 34.9 Å². The van der Waals surface area contributed by atoms with E-state index in [4.69, 9.17) is 0 Å². The maximum atomic E-state index is 12.2. The standard InChI is InChI=1S/C16H16N4O2S/c1-2-13(21)17-8-10-19-15(22)14-16(20-11-9-18-14)23-12-6-4-3-5-7-12/h2-7,9,11H,1,8,10H2,(H,17,21)(H,19,22). The van der Waals surface area contributed by atoms with Crippen LogP contribution in [0, 0.1) is 0 Å². The molecule has 0 spiro atoms. The van der Waals surface area contributed by atoms with Crippen molar-refractivity contribution in [3.63, 3.8) is 0 Å². The Bertz CT molecular complexity index is 691. The lowest BCUT2D eigenvalue weighted by atomic mass is 10.4. The van der Waals surface area contributed by atoms with Gasteiger partial charge in [0.25, 0.3) is 5.91 Å². The zero-order chi connectivity index (χ0) is 16.5. The molecule has 6 nitrogen and oxygen atoms in total. The lowest BCUT2D eigenvalue weighted by molar-refractivity contribution is -0.116. The van der Waals surface area contributed by atoms with E-state index in [1.54, 1.807) is 6.20 Å². The topological polar surface area (TPSA) is 84.0 Å². The predicted molar refractivity (Wildman–Crippen MR) is 88.1 cm³/mol. The SMILES string of the molecule is C=CC(=O)NCCNC(=O)c1nccnc1Sc1ccccc1. The van der Waals surface area contributed by atoms with Gasteiger partial charge in [0, 0.05) is 30.4 Å². The number of nitrogens with one attached hydrogen (secondary N) is 2. The van der Waals surface area contributed by atoms with Gasteiger partial charge in [0.15, 0.2) is 5.69 Å². The first kappa shape index (κ1) is 16.7. The lowest BCUT2D eigenvalue weighted by Gasteiger charge is -2.08. The van der Waals surface area contributed by atoms with E-state index in [9.17, 15) is 9.59 Å². The first-order valence-electron chi connectivity index (χ1n) is 6.93. The molecule has 0 saturated heterocycles. The molecule has 2 aromatic rings. The second-order valence-electron chi connectivity index (χ2n) is 4.38. The predicted octanol–water partition coefficient (Wildman–Crippen LogP) is 1.66. The molecule has 1 aromatic heterocycles. The highest BCUT2D eigenvalue weighted by Gasteiger charge is 2.14. The lowest BCUT2D eigenvalue weighted by Crippen LogP contribution is -2.34. The second-order valence-corrected chi connectivity index (χ2v) is 5.44.